The molecule has 0 radical (unpaired) electrons. The van der Waals surface area contributed by atoms with Gasteiger partial charge in [-0.25, -0.2) is 27.3 Å². The fraction of sp³-hybridized carbons (Fsp3) is 0.619. The molecular weight excluding hydrogens is 496 g/mol. The Hall–Kier alpha value is -2.67. The molecule has 5 heterocycles. The molecule has 0 aromatic carbocycles. The minimum absolute atomic E-state index is 0.0244. The van der Waals surface area contributed by atoms with Crippen LogP contribution >= 0.6 is 11.6 Å². The van der Waals surface area contributed by atoms with Gasteiger partial charge in [-0.15, -0.1) is 0 Å². The lowest BCUT2D eigenvalue weighted by Gasteiger charge is -2.38. The quantitative estimate of drug-likeness (QED) is 0.459. The van der Waals surface area contributed by atoms with E-state index in [1.165, 1.54) is 6.20 Å². The number of nitrogens with one attached hydrogen (secondary N) is 1. The maximum Gasteiger partial charge on any atom is 0.404 e. The summed E-state index contributed by atoms with van der Waals surface area (Å²) in [6.07, 6.45) is -0.0404. The van der Waals surface area contributed by atoms with Crippen LogP contribution in [-0.4, -0.2) is 87.5 Å². The molecular formula is C21H23ClF4N6O3. The van der Waals surface area contributed by atoms with Crippen molar-refractivity contribution in [3.05, 3.63) is 17.2 Å². The van der Waals surface area contributed by atoms with Crippen LogP contribution in [0.25, 0.3) is 10.9 Å². The van der Waals surface area contributed by atoms with Gasteiger partial charge in [0.05, 0.1) is 23.5 Å². The highest BCUT2D eigenvalue weighted by Crippen LogP contribution is 2.41. The first kappa shape index (κ1) is 24.0. The third-order valence-electron chi connectivity index (χ3n) is 6.87. The maximum atomic E-state index is 14.9. The number of hydrogen-bond acceptors (Lipinski definition) is 7. The Balaban J connectivity index is 1.51. The summed E-state index contributed by atoms with van der Waals surface area (Å²) in [6.45, 7) is 0.188. The average molecular weight is 519 g/mol. The topological polar surface area (TPSA) is 104 Å². The van der Waals surface area contributed by atoms with E-state index in [0.29, 0.717) is 13.0 Å². The lowest BCUT2D eigenvalue weighted by Crippen LogP contribution is -2.55. The number of carboxylic acid groups (broad SMARTS) is 1. The van der Waals surface area contributed by atoms with Crippen LogP contribution in [0.2, 0.25) is 5.15 Å². The average Bonchev–Trinajstić information content (AvgIpc) is 3.28. The molecule has 14 heteroatoms. The van der Waals surface area contributed by atoms with Gasteiger partial charge in [0.25, 0.3) is 5.92 Å². The van der Waals surface area contributed by atoms with Crippen molar-refractivity contribution in [2.24, 2.45) is 0 Å². The van der Waals surface area contributed by atoms with E-state index < -0.39 is 53.7 Å². The van der Waals surface area contributed by atoms with Crippen molar-refractivity contribution in [2.75, 3.05) is 37.7 Å². The van der Waals surface area contributed by atoms with Gasteiger partial charge in [0, 0.05) is 32.1 Å². The van der Waals surface area contributed by atoms with Gasteiger partial charge in [0.1, 0.15) is 24.1 Å². The lowest BCUT2D eigenvalue weighted by atomic mass is 9.95. The Morgan fingerprint density at radius 2 is 2.11 bits per heavy atom. The molecule has 1 unspecified atom stereocenters. The second-order valence-electron chi connectivity index (χ2n) is 9.41. The van der Waals surface area contributed by atoms with Gasteiger partial charge in [-0.3, -0.25) is 4.90 Å². The monoisotopic (exact) mass is 518 g/mol. The largest absolute Gasteiger partial charge is 0.465 e. The van der Waals surface area contributed by atoms with Gasteiger partial charge < -0.3 is 20.1 Å². The van der Waals surface area contributed by atoms with E-state index >= 15 is 0 Å². The van der Waals surface area contributed by atoms with Gasteiger partial charge in [0.15, 0.2) is 11.0 Å². The summed E-state index contributed by atoms with van der Waals surface area (Å²) in [5.74, 6) is -4.29. The number of alkyl halides is 3. The number of fused-ring (bicyclic) bond motifs is 2. The van der Waals surface area contributed by atoms with Gasteiger partial charge in [-0.2, -0.15) is 9.97 Å². The Labute approximate surface area is 202 Å². The molecule has 9 nitrogen and oxygen atoms in total. The van der Waals surface area contributed by atoms with Crippen LogP contribution in [0.4, 0.5) is 28.2 Å². The van der Waals surface area contributed by atoms with Crippen LogP contribution in [0.1, 0.15) is 25.7 Å². The van der Waals surface area contributed by atoms with Crippen molar-refractivity contribution < 1.29 is 32.2 Å². The van der Waals surface area contributed by atoms with E-state index in [-0.39, 0.29) is 35.9 Å². The first-order chi connectivity index (χ1) is 16.6. The summed E-state index contributed by atoms with van der Waals surface area (Å²) in [4.78, 5) is 26.4. The number of ether oxygens (including phenoxy) is 1. The molecule has 0 saturated carbocycles. The number of halogens is 5. The van der Waals surface area contributed by atoms with Crippen LogP contribution in [0.3, 0.4) is 0 Å². The molecule has 190 valence electrons. The van der Waals surface area contributed by atoms with Gasteiger partial charge in [0.2, 0.25) is 0 Å². The van der Waals surface area contributed by atoms with Gasteiger partial charge in [-0.05, 0) is 19.4 Å². The Morgan fingerprint density at radius 3 is 2.89 bits per heavy atom. The highest BCUT2D eigenvalue weighted by molar-refractivity contribution is 6.30. The number of amides is 1. The molecule has 3 fully saturated rings. The van der Waals surface area contributed by atoms with Crippen molar-refractivity contribution in [3.8, 4) is 6.01 Å². The molecule has 3 aliphatic rings. The molecule has 3 atom stereocenters. The number of carbonyl (C=O) groups is 1. The van der Waals surface area contributed by atoms with Crippen molar-refractivity contribution in [1.29, 1.82) is 0 Å². The minimum Gasteiger partial charge on any atom is -0.465 e. The predicted molar refractivity (Wildman–Crippen MR) is 118 cm³/mol. The molecule has 2 N–H and O–H groups in total. The molecule has 0 spiro atoms. The van der Waals surface area contributed by atoms with E-state index in [4.69, 9.17) is 21.4 Å². The molecule has 35 heavy (non-hydrogen) atoms. The lowest BCUT2D eigenvalue weighted by molar-refractivity contribution is -0.0208. The number of aromatic nitrogens is 3. The minimum atomic E-state index is -3.24. The fourth-order valence-electron chi connectivity index (χ4n) is 5.48. The van der Waals surface area contributed by atoms with E-state index in [9.17, 15) is 22.4 Å². The number of nitrogens with zero attached hydrogens (tertiary/aromatic N) is 5. The number of pyridine rings is 1. The van der Waals surface area contributed by atoms with Crippen LogP contribution < -0.4 is 15.0 Å². The van der Waals surface area contributed by atoms with Crippen molar-refractivity contribution in [1.82, 2.24) is 25.2 Å². The van der Waals surface area contributed by atoms with Crippen molar-refractivity contribution >= 4 is 34.4 Å². The summed E-state index contributed by atoms with van der Waals surface area (Å²) >= 11 is 5.83. The fourth-order valence-corrected chi connectivity index (χ4v) is 5.62. The Bertz CT molecular complexity index is 1160. The Morgan fingerprint density at radius 1 is 1.31 bits per heavy atom. The first-order valence-corrected chi connectivity index (χ1v) is 11.6. The molecule has 2 aromatic heterocycles. The maximum absolute atomic E-state index is 14.9. The Kier molecular flexibility index (Phi) is 6.02. The van der Waals surface area contributed by atoms with E-state index in [1.807, 2.05) is 4.90 Å². The summed E-state index contributed by atoms with van der Waals surface area (Å²) < 4.78 is 63.9. The van der Waals surface area contributed by atoms with Crippen molar-refractivity contribution in [2.45, 2.75) is 49.4 Å². The summed E-state index contributed by atoms with van der Waals surface area (Å²) in [6, 6.07) is -1.37. The summed E-state index contributed by atoms with van der Waals surface area (Å²) in [7, 11) is 0. The standard InChI is InChI=1S/C21H23ClF4N6O3/c22-16-14(24)15-13(6-27-16)17(31-8-12(28-19(33)34)5-21(25,26)9-31)30-18(29-15)35-10-20-2-1-3-32(20)7-11(23)4-20/h6,11-12,28H,1-5,7-10H2,(H,33,34)/t11-,12?,20+/m1/s1. The molecule has 2 aromatic rings. The third-order valence-corrected chi connectivity index (χ3v) is 7.13. The molecule has 3 saturated heterocycles. The number of hydrogen-bond donors (Lipinski definition) is 2. The SMILES string of the molecule is O=C(O)NC1CN(c2nc(OC[C@@]34CCCN3C[C@H](F)C4)nc3c(F)c(Cl)ncc23)CC(F)(F)C1. The molecule has 3 aliphatic heterocycles. The summed E-state index contributed by atoms with van der Waals surface area (Å²) in [5.41, 5.74) is -0.793. The molecule has 0 aliphatic carbocycles. The van der Waals surface area contributed by atoms with E-state index in [2.05, 4.69) is 20.3 Å². The smallest absolute Gasteiger partial charge is 0.404 e. The van der Waals surface area contributed by atoms with Gasteiger partial charge in [-0.1, -0.05) is 11.6 Å². The van der Waals surface area contributed by atoms with Crippen LogP contribution in [0, 0.1) is 5.82 Å². The molecule has 0 bridgehead atoms. The first-order valence-electron chi connectivity index (χ1n) is 11.2. The van der Waals surface area contributed by atoms with Crippen molar-refractivity contribution in [3.63, 3.8) is 0 Å². The zero-order chi connectivity index (χ0) is 25.0. The normalized spacial score (nSPS) is 28.3. The molecule has 1 amide bonds. The second kappa shape index (κ2) is 8.77. The van der Waals surface area contributed by atoms with Crippen LogP contribution in [0.15, 0.2) is 6.20 Å². The number of piperidine rings is 1. The third kappa shape index (κ3) is 4.63. The van der Waals surface area contributed by atoms with Crippen LogP contribution in [-0.2, 0) is 0 Å². The zero-order valence-corrected chi connectivity index (χ0v) is 19.2. The zero-order valence-electron chi connectivity index (χ0n) is 18.5. The second-order valence-corrected chi connectivity index (χ2v) is 9.76. The number of rotatable bonds is 5. The highest BCUT2D eigenvalue weighted by atomic mass is 35.5. The highest BCUT2D eigenvalue weighted by Gasteiger charge is 2.49. The van der Waals surface area contributed by atoms with E-state index in [0.717, 1.165) is 24.3 Å². The van der Waals surface area contributed by atoms with E-state index in [1.54, 1.807) is 0 Å². The predicted octanol–water partition coefficient (Wildman–Crippen LogP) is 3.25. The summed E-state index contributed by atoms with van der Waals surface area (Å²) in [5, 5.41) is 10.7. The van der Waals surface area contributed by atoms with Crippen LogP contribution in [0.5, 0.6) is 6.01 Å². The van der Waals surface area contributed by atoms with Gasteiger partial charge >= 0.3 is 12.1 Å². The molecule has 5 rings (SSSR count). The number of anilines is 1.